The number of hydrogen-bond acceptors (Lipinski definition) is 4. The topological polar surface area (TPSA) is 70.4 Å². The highest BCUT2D eigenvalue weighted by molar-refractivity contribution is 6.30. The van der Waals surface area contributed by atoms with Crippen molar-refractivity contribution < 1.29 is 4.79 Å². The second kappa shape index (κ2) is 6.89. The molecule has 1 aliphatic rings. The summed E-state index contributed by atoms with van der Waals surface area (Å²) in [7, 11) is 0. The molecule has 2 aromatic rings. The minimum Gasteiger partial charge on any atom is -0.396 e. The number of para-hydroxylation sites is 1. The number of nitrogens with two attached hydrogens (primary N) is 1. The zero-order chi connectivity index (χ0) is 16.2. The van der Waals surface area contributed by atoms with Gasteiger partial charge >= 0.3 is 0 Å². The maximum atomic E-state index is 12.5. The van der Waals surface area contributed by atoms with Crippen molar-refractivity contribution in [2.24, 2.45) is 0 Å². The Hall–Kier alpha value is -2.24. The number of hydrogen-bond donors (Lipinski definition) is 3. The molecule has 0 aliphatic carbocycles. The van der Waals surface area contributed by atoms with Gasteiger partial charge in [0, 0.05) is 36.9 Å². The first kappa shape index (κ1) is 15.6. The number of carbonyl (C=O) groups excluding carboxylic acids is 1. The number of halogens is 1. The lowest BCUT2D eigenvalue weighted by molar-refractivity contribution is 0.102. The van der Waals surface area contributed by atoms with Crippen LogP contribution in [0, 0.1) is 0 Å². The smallest absolute Gasteiger partial charge is 0.257 e. The summed E-state index contributed by atoms with van der Waals surface area (Å²) in [5.41, 5.74) is 8.84. The van der Waals surface area contributed by atoms with Gasteiger partial charge in [0.2, 0.25) is 0 Å². The first-order chi connectivity index (χ1) is 11.1. The number of carbonyl (C=O) groups is 1. The number of anilines is 3. The van der Waals surface area contributed by atoms with E-state index in [0.717, 1.165) is 31.9 Å². The molecule has 1 saturated heterocycles. The number of rotatable bonds is 3. The lowest BCUT2D eigenvalue weighted by atomic mass is 10.1. The number of piperazine rings is 1. The van der Waals surface area contributed by atoms with E-state index in [1.807, 2.05) is 12.1 Å². The van der Waals surface area contributed by atoms with Gasteiger partial charge in [-0.1, -0.05) is 17.7 Å². The van der Waals surface area contributed by atoms with Crippen LogP contribution in [-0.2, 0) is 0 Å². The molecule has 1 aliphatic heterocycles. The van der Waals surface area contributed by atoms with Crippen molar-refractivity contribution in [3.8, 4) is 0 Å². The molecule has 1 heterocycles. The Kier molecular flexibility index (Phi) is 4.69. The molecule has 6 heteroatoms. The van der Waals surface area contributed by atoms with E-state index in [9.17, 15) is 4.79 Å². The quantitative estimate of drug-likeness (QED) is 0.757. The molecule has 0 spiro atoms. The van der Waals surface area contributed by atoms with Gasteiger partial charge in [-0.15, -0.1) is 0 Å². The number of amides is 1. The molecule has 4 N–H and O–H groups in total. The molecule has 1 fully saturated rings. The molecular weight excluding hydrogens is 312 g/mol. The van der Waals surface area contributed by atoms with Crippen molar-refractivity contribution in [1.82, 2.24) is 5.32 Å². The van der Waals surface area contributed by atoms with Gasteiger partial charge in [-0.3, -0.25) is 4.79 Å². The van der Waals surface area contributed by atoms with Crippen LogP contribution in [0.25, 0.3) is 0 Å². The highest BCUT2D eigenvalue weighted by atomic mass is 35.5. The molecule has 1 amide bonds. The maximum absolute atomic E-state index is 12.5. The predicted octanol–water partition coefficient (Wildman–Crippen LogP) is 2.58. The van der Waals surface area contributed by atoms with Crippen LogP contribution in [0.3, 0.4) is 0 Å². The van der Waals surface area contributed by atoms with Gasteiger partial charge in [0.1, 0.15) is 0 Å². The fourth-order valence-electron chi connectivity index (χ4n) is 2.66. The van der Waals surface area contributed by atoms with Crippen molar-refractivity contribution in [1.29, 1.82) is 0 Å². The summed E-state index contributed by atoms with van der Waals surface area (Å²) in [6.45, 7) is 3.60. The van der Waals surface area contributed by atoms with Crippen LogP contribution in [0.5, 0.6) is 0 Å². The van der Waals surface area contributed by atoms with E-state index in [1.165, 1.54) is 0 Å². The first-order valence-electron chi connectivity index (χ1n) is 7.56. The highest BCUT2D eigenvalue weighted by Crippen LogP contribution is 2.27. The van der Waals surface area contributed by atoms with E-state index in [2.05, 4.69) is 15.5 Å². The number of nitrogen functional groups attached to an aromatic ring is 1. The average Bonchev–Trinajstić information content (AvgIpc) is 2.58. The van der Waals surface area contributed by atoms with Crippen LogP contribution in [0.2, 0.25) is 5.02 Å². The average molecular weight is 331 g/mol. The van der Waals surface area contributed by atoms with E-state index in [4.69, 9.17) is 17.3 Å². The van der Waals surface area contributed by atoms with Crippen molar-refractivity contribution >= 4 is 34.6 Å². The Bertz CT molecular complexity index is 696. The number of benzene rings is 2. The van der Waals surface area contributed by atoms with E-state index < -0.39 is 0 Å². The molecule has 0 atom stereocenters. The molecule has 0 unspecified atom stereocenters. The third kappa shape index (κ3) is 3.57. The van der Waals surface area contributed by atoms with Gasteiger partial charge in [-0.25, -0.2) is 0 Å². The fourth-order valence-corrected chi connectivity index (χ4v) is 2.79. The van der Waals surface area contributed by atoms with Crippen LogP contribution in [0.1, 0.15) is 10.4 Å². The number of nitrogens with zero attached hydrogens (tertiary/aromatic N) is 1. The van der Waals surface area contributed by atoms with E-state index in [-0.39, 0.29) is 5.91 Å². The lowest BCUT2D eigenvalue weighted by Crippen LogP contribution is -2.43. The van der Waals surface area contributed by atoms with Gasteiger partial charge in [0.05, 0.1) is 16.9 Å². The standard InChI is InChI=1S/C17H19ClN4O/c18-12-4-6-13(7-5-12)21-17(23)14-2-1-3-15(16(14)19)22-10-8-20-9-11-22/h1-7,20H,8-11,19H2,(H,21,23). The molecule has 0 radical (unpaired) electrons. The Labute approximate surface area is 140 Å². The third-order valence-corrected chi connectivity index (χ3v) is 4.14. The first-order valence-corrected chi connectivity index (χ1v) is 7.94. The molecule has 2 aromatic carbocycles. The Balaban J connectivity index is 1.81. The second-order valence-corrected chi connectivity index (χ2v) is 5.87. The van der Waals surface area contributed by atoms with E-state index >= 15 is 0 Å². The minimum absolute atomic E-state index is 0.221. The van der Waals surface area contributed by atoms with Crippen LogP contribution < -0.4 is 21.3 Å². The summed E-state index contributed by atoms with van der Waals surface area (Å²) in [5, 5.41) is 6.78. The maximum Gasteiger partial charge on any atom is 0.257 e. The summed E-state index contributed by atoms with van der Waals surface area (Å²) in [5.74, 6) is -0.221. The zero-order valence-electron chi connectivity index (χ0n) is 12.7. The highest BCUT2D eigenvalue weighted by Gasteiger charge is 2.18. The van der Waals surface area contributed by atoms with Crippen molar-refractivity contribution in [3.05, 3.63) is 53.1 Å². The second-order valence-electron chi connectivity index (χ2n) is 5.44. The molecule has 5 nitrogen and oxygen atoms in total. The van der Waals surface area contributed by atoms with E-state index in [1.54, 1.807) is 30.3 Å². The fraction of sp³-hybridized carbons (Fsp3) is 0.235. The van der Waals surface area contributed by atoms with Crippen molar-refractivity contribution in [3.63, 3.8) is 0 Å². The Morgan fingerprint density at radius 2 is 1.83 bits per heavy atom. The molecular formula is C17H19ClN4O. The molecule has 0 saturated carbocycles. The van der Waals surface area contributed by atoms with Crippen LogP contribution >= 0.6 is 11.6 Å². The SMILES string of the molecule is Nc1c(C(=O)Nc2ccc(Cl)cc2)cccc1N1CCNCC1. The molecule has 0 aromatic heterocycles. The van der Waals surface area contributed by atoms with Crippen LogP contribution in [0.4, 0.5) is 17.1 Å². The minimum atomic E-state index is -0.221. The summed E-state index contributed by atoms with van der Waals surface area (Å²) in [4.78, 5) is 14.7. The summed E-state index contributed by atoms with van der Waals surface area (Å²) in [6.07, 6.45) is 0. The lowest BCUT2D eigenvalue weighted by Gasteiger charge is -2.30. The molecule has 0 bridgehead atoms. The predicted molar refractivity (Wildman–Crippen MR) is 95.3 cm³/mol. The molecule has 23 heavy (non-hydrogen) atoms. The summed E-state index contributed by atoms with van der Waals surface area (Å²) in [6, 6.07) is 12.6. The van der Waals surface area contributed by atoms with Crippen LogP contribution in [0.15, 0.2) is 42.5 Å². The Morgan fingerprint density at radius 1 is 1.13 bits per heavy atom. The van der Waals surface area contributed by atoms with Crippen LogP contribution in [-0.4, -0.2) is 32.1 Å². The zero-order valence-corrected chi connectivity index (χ0v) is 13.4. The molecule has 3 rings (SSSR count). The van der Waals surface area contributed by atoms with Crippen molar-refractivity contribution in [2.75, 3.05) is 42.1 Å². The molecule has 120 valence electrons. The third-order valence-electron chi connectivity index (χ3n) is 3.89. The monoisotopic (exact) mass is 330 g/mol. The van der Waals surface area contributed by atoms with Gasteiger partial charge < -0.3 is 21.3 Å². The summed E-state index contributed by atoms with van der Waals surface area (Å²) >= 11 is 5.85. The number of nitrogens with one attached hydrogen (secondary N) is 2. The van der Waals surface area contributed by atoms with Crippen molar-refractivity contribution in [2.45, 2.75) is 0 Å². The van der Waals surface area contributed by atoms with Gasteiger partial charge in [0.25, 0.3) is 5.91 Å². The Morgan fingerprint density at radius 3 is 2.52 bits per heavy atom. The van der Waals surface area contributed by atoms with Gasteiger partial charge in [-0.2, -0.15) is 0 Å². The van der Waals surface area contributed by atoms with Gasteiger partial charge in [0.15, 0.2) is 0 Å². The van der Waals surface area contributed by atoms with E-state index in [0.29, 0.717) is 22.0 Å². The normalized spacial score (nSPS) is 14.6. The van der Waals surface area contributed by atoms with Gasteiger partial charge in [-0.05, 0) is 36.4 Å². The summed E-state index contributed by atoms with van der Waals surface area (Å²) < 4.78 is 0. The largest absolute Gasteiger partial charge is 0.396 e.